The number of hydrogen-bond donors (Lipinski definition) is 0. The van der Waals surface area contributed by atoms with Crippen LogP contribution in [0.1, 0.15) is 32.6 Å². The van der Waals surface area contributed by atoms with Gasteiger partial charge < -0.3 is 0 Å². The third-order valence-electron chi connectivity index (χ3n) is 3.54. The molecule has 11 heavy (non-hydrogen) atoms. The topological polar surface area (TPSA) is 43.1 Å². The van der Waals surface area contributed by atoms with Crippen LogP contribution in [0.4, 0.5) is 0 Å². The Morgan fingerprint density at radius 1 is 1.55 bits per heavy atom. The molecule has 0 aromatic carbocycles. The molecule has 2 aliphatic rings. The summed E-state index contributed by atoms with van der Waals surface area (Å²) in [5.74, 6) is 1.04. The van der Waals surface area contributed by atoms with Gasteiger partial charge in [-0.2, -0.15) is 0 Å². The molecular weight excluding hydrogens is 142 g/mol. The van der Waals surface area contributed by atoms with Gasteiger partial charge in [0.1, 0.15) is 0 Å². The van der Waals surface area contributed by atoms with Gasteiger partial charge in [0.15, 0.2) is 0 Å². The molecule has 0 aromatic heterocycles. The van der Waals surface area contributed by atoms with Crippen molar-refractivity contribution in [1.29, 1.82) is 0 Å². The first kappa shape index (κ1) is 7.07. The quantitative estimate of drug-likeness (QED) is 0.428. The summed E-state index contributed by atoms with van der Waals surface area (Å²) in [5, 5.41) is 10.7. The standard InChI is InChI=1S/C8H13NO2/c1-8(9(10)11)5-6-2-3-7(8)4-6/h6-7H,2-5H2,1H3/t6-,7-,8-/m1/s1. The average Bonchev–Trinajstić information content (AvgIpc) is 2.45. The Labute approximate surface area is 65.9 Å². The molecule has 0 aromatic rings. The molecule has 62 valence electrons. The number of rotatable bonds is 1. The molecule has 0 amide bonds. The minimum absolute atomic E-state index is 0.0587. The summed E-state index contributed by atoms with van der Waals surface area (Å²) in [4.78, 5) is 10.7. The van der Waals surface area contributed by atoms with Crippen LogP contribution in [0.15, 0.2) is 0 Å². The third-order valence-corrected chi connectivity index (χ3v) is 3.54. The van der Waals surface area contributed by atoms with Gasteiger partial charge in [0.25, 0.3) is 0 Å². The van der Waals surface area contributed by atoms with Gasteiger partial charge in [0.05, 0.1) is 0 Å². The second-order valence-electron chi connectivity index (χ2n) is 4.19. The normalized spacial score (nSPS) is 48.1. The van der Waals surface area contributed by atoms with E-state index in [1.165, 1.54) is 6.42 Å². The monoisotopic (exact) mass is 155 g/mol. The molecule has 0 aliphatic heterocycles. The summed E-state index contributed by atoms with van der Waals surface area (Å²) in [6.45, 7) is 1.82. The number of fused-ring (bicyclic) bond motifs is 2. The molecule has 2 saturated carbocycles. The lowest BCUT2D eigenvalue weighted by molar-refractivity contribution is -0.574. The second kappa shape index (κ2) is 1.96. The van der Waals surface area contributed by atoms with E-state index in [2.05, 4.69) is 0 Å². The largest absolute Gasteiger partial charge is 0.264 e. The first-order chi connectivity index (χ1) is 5.13. The fourth-order valence-electron chi connectivity index (χ4n) is 2.80. The SMILES string of the molecule is C[C@@]1([N+](=O)[O-])C[C@@H]2CC[C@@H]1C2. The summed E-state index contributed by atoms with van der Waals surface area (Å²) in [6, 6.07) is 0. The van der Waals surface area contributed by atoms with Crippen molar-refractivity contribution in [1.82, 2.24) is 0 Å². The van der Waals surface area contributed by atoms with Crippen LogP contribution >= 0.6 is 0 Å². The minimum Gasteiger partial charge on any atom is -0.264 e. The predicted molar refractivity (Wildman–Crippen MR) is 40.8 cm³/mol. The van der Waals surface area contributed by atoms with Gasteiger partial charge in [-0.15, -0.1) is 0 Å². The Hall–Kier alpha value is -0.600. The van der Waals surface area contributed by atoms with Crippen LogP contribution < -0.4 is 0 Å². The van der Waals surface area contributed by atoms with Crippen molar-refractivity contribution in [2.75, 3.05) is 0 Å². The van der Waals surface area contributed by atoms with Crippen LogP contribution in [0, 0.1) is 22.0 Å². The minimum atomic E-state index is -0.567. The average molecular weight is 155 g/mol. The van der Waals surface area contributed by atoms with Gasteiger partial charge in [-0.3, -0.25) is 10.1 Å². The lowest BCUT2D eigenvalue weighted by Gasteiger charge is -2.24. The van der Waals surface area contributed by atoms with E-state index in [-0.39, 0.29) is 4.92 Å². The number of nitro groups is 1. The summed E-state index contributed by atoms with van der Waals surface area (Å²) < 4.78 is 0. The first-order valence-corrected chi connectivity index (χ1v) is 4.27. The van der Waals surface area contributed by atoms with E-state index >= 15 is 0 Å². The molecule has 0 spiro atoms. The summed E-state index contributed by atoms with van der Waals surface area (Å²) >= 11 is 0. The maximum Gasteiger partial charge on any atom is 0.222 e. The van der Waals surface area contributed by atoms with Crippen molar-refractivity contribution >= 4 is 0 Å². The fraction of sp³-hybridized carbons (Fsp3) is 1.00. The Balaban J connectivity index is 2.23. The molecule has 2 fully saturated rings. The molecule has 3 nitrogen and oxygen atoms in total. The van der Waals surface area contributed by atoms with Crippen molar-refractivity contribution < 1.29 is 4.92 Å². The highest BCUT2D eigenvalue weighted by molar-refractivity contribution is 4.98. The molecule has 0 radical (unpaired) electrons. The lowest BCUT2D eigenvalue weighted by atomic mass is 9.83. The maximum absolute atomic E-state index is 10.7. The Morgan fingerprint density at radius 3 is 2.55 bits per heavy atom. The van der Waals surface area contributed by atoms with Crippen LogP contribution in [0.25, 0.3) is 0 Å². The van der Waals surface area contributed by atoms with Crippen molar-refractivity contribution in [2.45, 2.75) is 38.1 Å². The van der Waals surface area contributed by atoms with Gasteiger partial charge in [-0.05, 0) is 25.2 Å². The molecule has 2 bridgehead atoms. The highest BCUT2D eigenvalue weighted by atomic mass is 16.6. The fourth-order valence-corrected chi connectivity index (χ4v) is 2.80. The van der Waals surface area contributed by atoms with Gasteiger partial charge in [-0.1, -0.05) is 0 Å². The third kappa shape index (κ3) is 0.798. The van der Waals surface area contributed by atoms with Crippen LogP contribution in [-0.2, 0) is 0 Å². The van der Waals surface area contributed by atoms with Crippen LogP contribution in [0.3, 0.4) is 0 Å². The Kier molecular flexibility index (Phi) is 1.26. The van der Waals surface area contributed by atoms with Gasteiger partial charge >= 0.3 is 0 Å². The van der Waals surface area contributed by atoms with Gasteiger partial charge in [0.2, 0.25) is 5.54 Å². The number of hydrogen-bond acceptors (Lipinski definition) is 2. The molecular formula is C8H13NO2. The molecule has 2 rings (SSSR count). The Morgan fingerprint density at radius 2 is 2.27 bits per heavy atom. The number of nitrogens with zero attached hydrogens (tertiary/aromatic N) is 1. The zero-order valence-corrected chi connectivity index (χ0v) is 6.75. The van der Waals surface area contributed by atoms with E-state index in [4.69, 9.17) is 0 Å². The van der Waals surface area contributed by atoms with E-state index < -0.39 is 5.54 Å². The van der Waals surface area contributed by atoms with E-state index in [1.54, 1.807) is 0 Å². The second-order valence-corrected chi connectivity index (χ2v) is 4.19. The summed E-state index contributed by atoms with van der Waals surface area (Å²) in [5.41, 5.74) is -0.567. The predicted octanol–water partition coefficient (Wildman–Crippen LogP) is 1.84. The molecule has 2 aliphatic carbocycles. The molecule has 0 N–H and O–H groups in total. The summed E-state index contributed by atoms with van der Waals surface area (Å²) in [6.07, 6.45) is 4.25. The van der Waals surface area contributed by atoms with Gasteiger partial charge in [-0.25, -0.2) is 0 Å². The molecule has 0 unspecified atom stereocenters. The molecule has 3 heteroatoms. The zero-order valence-electron chi connectivity index (χ0n) is 6.75. The smallest absolute Gasteiger partial charge is 0.222 e. The highest BCUT2D eigenvalue weighted by Gasteiger charge is 2.56. The lowest BCUT2D eigenvalue weighted by Crippen LogP contribution is -2.40. The van der Waals surface area contributed by atoms with Crippen LogP contribution in [0.5, 0.6) is 0 Å². The van der Waals surface area contributed by atoms with E-state index in [1.807, 2.05) is 6.92 Å². The molecule has 3 atom stereocenters. The Bertz CT molecular complexity index is 204. The van der Waals surface area contributed by atoms with Crippen LogP contribution in [-0.4, -0.2) is 10.5 Å². The van der Waals surface area contributed by atoms with Crippen molar-refractivity contribution in [3.63, 3.8) is 0 Å². The first-order valence-electron chi connectivity index (χ1n) is 4.27. The van der Waals surface area contributed by atoms with Crippen LogP contribution in [0.2, 0.25) is 0 Å². The van der Waals surface area contributed by atoms with E-state index in [0.717, 1.165) is 19.3 Å². The highest BCUT2D eigenvalue weighted by Crippen LogP contribution is 2.51. The van der Waals surface area contributed by atoms with Crippen molar-refractivity contribution in [2.24, 2.45) is 11.8 Å². The zero-order chi connectivity index (χ0) is 8.06. The van der Waals surface area contributed by atoms with Gasteiger partial charge in [0, 0.05) is 24.2 Å². The van der Waals surface area contributed by atoms with E-state index in [9.17, 15) is 10.1 Å². The van der Waals surface area contributed by atoms with Crippen molar-refractivity contribution in [3.05, 3.63) is 10.1 Å². The van der Waals surface area contributed by atoms with Crippen molar-refractivity contribution in [3.8, 4) is 0 Å². The summed E-state index contributed by atoms with van der Waals surface area (Å²) in [7, 11) is 0. The molecule has 0 saturated heterocycles. The maximum atomic E-state index is 10.7. The molecule has 0 heterocycles. The van der Waals surface area contributed by atoms with E-state index in [0.29, 0.717) is 11.8 Å².